The number of hydrogen-bond acceptors (Lipinski definition) is 3. The summed E-state index contributed by atoms with van der Waals surface area (Å²) in [6.45, 7) is 2.16. The first-order chi connectivity index (χ1) is 10.1. The van der Waals surface area contributed by atoms with Gasteiger partial charge in [-0.2, -0.15) is 5.10 Å². The molecule has 0 saturated heterocycles. The summed E-state index contributed by atoms with van der Waals surface area (Å²) in [6, 6.07) is 9.13. The number of nitrogens with one attached hydrogen (secondary N) is 1. The van der Waals surface area contributed by atoms with Crippen LogP contribution in [-0.4, -0.2) is 37.9 Å². The van der Waals surface area contributed by atoms with E-state index in [0.29, 0.717) is 6.04 Å². The van der Waals surface area contributed by atoms with Crippen molar-refractivity contribution in [1.82, 2.24) is 25.0 Å². The summed E-state index contributed by atoms with van der Waals surface area (Å²) in [7, 11) is 2.04. The molecule has 0 bridgehead atoms. The number of rotatable bonds is 4. The summed E-state index contributed by atoms with van der Waals surface area (Å²) < 4.78 is 1.75. The van der Waals surface area contributed by atoms with E-state index in [9.17, 15) is 0 Å². The fourth-order valence-corrected chi connectivity index (χ4v) is 2.48. The second-order valence-electron chi connectivity index (χ2n) is 5.44. The summed E-state index contributed by atoms with van der Waals surface area (Å²) >= 11 is 5.45. The quantitative estimate of drug-likeness (QED) is 0.878. The van der Waals surface area contributed by atoms with Crippen molar-refractivity contribution < 1.29 is 0 Å². The third kappa shape index (κ3) is 3.21. The molecule has 0 unspecified atom stereocenters. The zero-order chi connectivity index (χ0) is 14.8. The Morgan fingerprint density at radius 1 is 1.38 bits per heavy atom. The van der Waals surface area contributed by atoms with E-state index in [4.69, 9.17) is 12.2 Å². The Morgan fingerprint density at radius 3 is 2.67 bits per heavy atom. The SMILES string of the molecule is C[C@@H](c1ccc(-n2cncn2)cc1)N(C)C(=S)NC1CC1. The van der Waals surface area contributed by atoms with Gasteiger partial charge in [-0.05, 0) is 49.7 Å². The minimum atomic E-state index is 0.230. The van der Waals surface area contributed by atoms with Gasteiger partial charge >= 0.3 is 0 Å². The number of hydrogen-bond donors (Lipinski definition) is 1. The van der Waals surface area contributed by atoms with Crippen LogP contribution in [0.3, 0.4) is 0 Å². The monoisotopic (exact) mass is 301 g/mol. The van der Waals surface area contributed by atoms with Gasteiger partial charge in [-0.1, -0.05) is 12.1 Å². The molecule has 1 aliphatic rings. The van der Waals surface area contributed by atoms with E-state index in [1.165, 1.54) is 24.7 Å². The first-order valence-corrected chi connectivity index (χ1v) is 7.54. The molecule has 1 aliphatic carbocycles. The molecule has 110 valence electrons. The summed E-state index contributed by atoms with van der Waals surface area (Å²) in [6.07, 6.45) is 5.69. The highest BCUT2D eigenvalue weighted by Crippen LogP contribution is 2.23. The predicted octanol–water partition coefficient (Wildman–Crippen LogP) is 2.30. The molecule has 0 spiro atoms. The van der Waals surface area contributed by atoms with Gasteiger partial charge in [0.05, 0.1) is 11.7 Å². The van der Waals surface area contributed by atoms with E-state index in [1.807, 2.05) is 19.2 Å². The Morgan fingerprint density at radius 2 is 2.10 bits per heavy atom. The number of thiocarbonyl (C=S) groups is 1. The van der Waals surface area contributed by atoms with Crippen LogP contribution < -0.4 is 5.32 Å². The van der Waals surface area contributed by atoms with E-state index < -0.39 is 0 Å². The van der Waals surface area contributed by atoms with Gasteiger partial charge in [0.15, 0.2) is 5.11 Å². The molecule has 1 heterocycles. The van der Waals surface area contributed by atoms with Crippen LogP contribution in [0.5, 0.6) is 0 Å². The minimum Gasteiger partial charge on any atom is -0.360 e. The van der Waals surface area contributed by atoms with Crippen LogP contribution in [0.25, 0.3) is 5.69 Å². The van der Waals surface area contributed by atoms with Crippen molar-refractivity contribution in [2.45, 2.75) is 31.8 Å². The summed E-state index contributed by atoms with van der Waals surface area (Å²) in [5.41, 5.74) is 2.23. The number of benzene rings is 1. The normalized spacial score (nSPS) is 15.5. The van der Waals surface area contributed by atoms with Crippen LogP contribution >= 0.6 is 12.2 Å². The smallest absolute Gasteiger partial charge is 0.169 e. The molecule has 5 nitrogen and oxygen atoms in total. The molecule has 1 fully saturated rings. The number of nitrogens with zero attached hydrogens (tertiary/aromatic N) is 4. The first-order valence-electron chi connectivity index (χ1n) is 7.13. The van der Waals surface area contributed by atoms with E-state index >= 15 is 0 Å². The molecule has 1 aromatic heterocycles. The third-order valence-electron chi connectivity index (χ3n) is 3.87. The van der Waals surface area contributed by atoms with Gasteiger partial charge in [0.1, 0.15) is 12.7 Å². The molecule has 1 aromatic carbocycles. The van der Waals surface area contributed by atoms with Crippen molar-refractivity contribution in [2.24, 2.45) is 0 Å². The van der Waals surface area contributed by atoms with Crippen LogP contribution in [0.2, 0.25) is 0 Å². The van der Waals surface area contributed by atoms with Crippen LogP contribution in [0.1, 0.15) is 31.4 Å². The van der Waals surface area contributed by atoms with Crippen LogP contribution in [0.15, 0.2) is 36.9 Å². The summed E-state index contributed by atoms with van der Waals surface area (Å²) in [4.78, 5) is 6.07. The largest absolute Gasteiger partial charge is 0.360 e. The summed E-state index contributed by atoms with van der Waals surface area (Å²) in [5, 5.41) is 8.33. The van der Waals surface area contributed by atoms with Gasteiger partial charge in [-0.25, -0.2) is 9.67 Å². The van der Waals surface area contributed by atoms with E-state index in [0.717, 1.165) is 10.8 Å². The molecule has 21 heavy (non-hydrogen) atoms. The molecular weight excluding hydrogens is 282 g/mol. The lowest BCUT2D eigenvalue weighted by molar-refractivity contribution is 0.395. The highest BCUT2D eigenvalue weighted by Gasteiger charge is 2.24. The minimum absolute atomic E-state index is 0.230. The maximum atomic E-state index is 5.45. The van der Waals surface area contributed by atoms with Crippen molar-refractivity contribution in [3.05, 3.63) is 42.5 Å². The van der Waals surface area contributed by atoms with Gasteiger partial charge in [-0.15, -0.1) is 0 Å². The Hall–Kier alpha value is -1.95. The standard InChI is InChI=1S/C15H19N5S/c1-11(19(2)15(21)18-13-5-6-13)12-3-7-14(8-4-12)20-10-16-9-17-20/h3-4,7-11,13H,5-6H2,1-2H3,(H,18,21)/t11-/m0/s1. The Kier molecular flexibility index (Phi) is 3.88. The molecule has 2 aromatic rings. The maximum absolute atomic E-state index is 5.45. The topological polar surface area (TPSA) is 46.0 Å². The third-order valence-corrected chi connectivity index (χ3v) is 4.27. The highest BCUT2D eigenvalue weighted by atomic mass is 32.1. The molecule has 1 saturated carbocycles. The second kappa shape index (κ2) is 5.81. The lowest BCUT2D eigenvalue weighted by atomic mass is 10.1. The van der Waals surface area contributed by atoms with Crippen LogP contribution in [-0.2, 0) is 0 Å². The zero-order valence-electron chi connectivity index (χ0n) is 12.2. The van der Waals surface area contributed by atoms with Crippen molar-refractivity contribution in [1.29, 1.82) is 0 Å². The Bertz CT molecular complexity index is 604. The molecule has 3 rings (SSSR count). The van der Waals surface area contributed by atoms with Crippen molar-refractivity contribution >= 4 is 17.3 Å². The predicted molar refractivity (Wildman–Crippen MR) is 86.3 cm³/mol. The molecule has 0 aliphatic heterocycles. The van der Waals surface area contributed by atoms with Crippen molar-refractivity contribution in [2.75, 3.05) is 7.05 Å². The van der Waals surface area contributed by atoms with Crippen LogP contribution in [0.4, 0.5) is 0 Å². The molecule has 1 N–H and O–H groups in total. The fraction of sp³-hybridized carbons (Fsp3) is 0.400. The maximum Gasteiger partial charge on any atom is 0.169 e. The van der Waals surface area contributed by atoms with Gasteiger partial charge in [-0.3, -0.25) is 0 Å². The van der Waals surface area contributed by atoms with E-state index in [1.54, 1.807) is 11.0 Å². The fourth-order valence-electron chi connectivity index (χ4n) is 2.15. The van der Waals surface area contributed by atoms with Crippen LogP contribution in [0, 0.1) is 0 Å². The van der Waals surface area contributed by atoms with E-state index in [2.05, 4.69) is 39.4 Å². The second-order valence-corrected chi connectivity index (χ2v) is 5.83. The van der Waals surface area contributed by atoms with Crippen molar-refractivity contribution in [3.8, 4) is 5.69 Å². The lowest BCUT2D eigenvalue weighted by Gasteiger charge is -2.28. The Balaban J connectivity index is 1.69. The molecule has 6 heteroatoms. The highest BCUT2D eigenvalue weighted by molar-refractivity contribution is 7.80. The van der Waals surface area contributed by atoms with Gasteiger partial charge in [0, 0.05) is 13.1 Å². The lowest BCUT2D eigenvalue weighted by Crippen LogP contribution is -2.39. The van der Waals surface area contributed by atoms with E-state index in [-0.39, 0.29) is 6.04 Å². The molecule has 0 radical (unpaired) electrons. The average molecular weight is 301 g/mol. The van der Waals surface area contributed by atoms with Crippen molar-refractivity contribution in [3.63, 3.8) is 0 Å². The first kappa shape index (κ1) is 14.0. The zero-order valence-corrected chi connectivity index (χ0v) is 13.0. The molecule has 1 atom stereocenters. The molecular formula is C15H19N5S. The average Bonchev–Trinajstić information content (AvgIpc) is 3.15. The summed E-state index contributed by atoms with van der Waals surface area (Å²) in [5.74, 6) is 0. The number of aromatic nitrogens is 3. The van der Waals surface area contributed by atoms with Gasteiger partial charge in [0.2, 0.25) is 0 Å². The Labute approximate surface area is 130 Å². The van der Waals surface area contributed by atoms with Gasteiger partial charge in [0.25, 0.3) is 0 Å². The van der Waals surface area contributed by atoms with Gasteiger partial charge < -0.3 is 10.2 Å². The molecule has 0 amide bonds.